The first-order valence-electron chi connectivity index (χ1n) is 6.50. The lowest BCUT2D eigenvalue weighted by Crippen LogP contribution is -2.58. The Kier molecular flexibility index (Phi) is 3.03. The van der Waals surface area contributed by atoms with Crippen molar-refractivity contribution >= 4 is 12.0 Å². The van der Waals surface area contributed by atoms with Crippen LogP contribution in [0.4, 0.5) is 4.79 Å². The molecule has 18 heavy (non-hydrogen) atoms. The molecule has 102 valence electrons. The molecule has 1 aliphatic heterocycles. The maximum atomic E-state index is 12.0. The van der Waals surface area contributed by atoms with Gasteiger partial charge in [0.1, 0.15) is 5.60 Å². The summed E-state index contributed by atoms with van der Waals surface area (Å²) in [7, 11) is 0. The van der Waals surface area contributed by atoms with E-state index < -0.39 is 5.60 Å². The summed E-state index contributed by atoms with van der Waals surface area (Å²) in [5.74, 6) is 0.108. The Hall–Kier alpha value is -1.26. The average Bonchev–Trinajstić information content (AvgIpc) is 2.95. The topological polar surface area (TPSA) is 49.9 Å². The molecular formula is C13H22N2O3. The van der Waals surface area contributed by atoms with Gasteiger partial charge in [0.15, 0.2) is 0 Å². The van der Waals surface area contributed by atoms with Gasteiger partial charge in [-0.3, -0.25) is 4.79 Å². The van der Waals surface area contributed by atoms with E-state index in [1.165, 1.54) is 0 Å². The minimum Gasteiger partial charge on any atom is -0.444 e. The molecule has 1 saturated carbocycles. The first-order valence-corrected chi connectivity index (χ1v) is 6.50. The predicted molar refractivity (Wildman–Crippen MR) is 67.2 cm³/mol. The molecule has 0 unspecified atom stereocenters. The van der Waals surface area contributed by atoms with Crippen molar-refractivity contribution in [3.8, 4) is 0 Å². The van der Waals surface area contributed by atoms with E-state index in [9.17, 15) is 9.59 Å². The molecule has 1 heterocycles. The van der Waals surface area contributed by atoms with Crippen molar-refractivity contribution in [3.05, 3.63) is 0 Å². The van der Waals surface area contributed by atoms with Gasteiger partial charge in [0.2, 0.25) is 5.91 Å². The third kappa shape index (κ3) is 2.60. The zero-order valence-corrected chi connectivity index (χ0v) is 11.7. The molecule has 0 radical (unpaired) electrons. The van der Waals surface area contributed by atoms with Gasteiger partial charge in [-0.2, -0.15) is 0 Å². The molecule has 0 aromatic heterocycles. The van der Waals surface area contributed by atoms with Crippen molar-refractivity contribution in [3.63, 3.8) is 0 Å². The number of hydrogen-bond donors (Lipinski definition) is 0. The Labute approximate surface area is 108 Å². The fourth-order valence-corrected chi connectivity index (χ4v) is 2.52. The van der Waals surface area contributed by atoms with Gasteiger partial charge in [-0.05, 0) is 33.6 Å². The van der Waals surface area contributed by atoms with E-state index in [-0.39, 0.29) is 17.5 Å². The number of carbonyl (C=O) groups excluding carboxylic acids is 2. The normalized spacial score (nSPS) is 22.0. The minimum absolute atomic E-state index is 0.0962. The third-order valence-corrected chi connectivity index (χ3v) is 3.51. The summed E-state index contributed by atoms with van der Waals surface area (Å²) in [6.07, 6.45) is 1.72. The second kappa shape index (κ2) is 4.14. The smallest absolute Gasteiger partial charge is 0.410 e. The first-order chi connectivity index (χ1) is 8.23. The Morgan fingerprint density at radius 1 is 1.17 bits per heavy atom. The molecule has 1 aliphatic carbocycles. The van der Waals surface area contributed by atoms with E-state index in [1.54, 1.807) is 11.8 Å². The van der Waals surface area contributed by atoms with Gasteiger partial charge in [-0.25, -0.2) is 4.79 Å². The van der Waals surface area contributed by atoms with E-state index in [1.807, 2.05) is 25.7 Å². The Morgan fingerprint density at radius 2 is 1.78 bits per heavy atom. The molecule has 2 amide bonds. The van der Waals surface area contributed by atoms with E-state index in [0.717, 1.165) is 12.8 Å². The fraction of sp³-hybridized carbons (Fsp3) is 0.846. The van der Waals surface area contributed by atoms with Gasteiger partial charge >= 0.3 is 6.09 Å². The molecule has 1 spiro atoms. The highest BCUT2D eigenvalue weighted by atomic mass is 16.6. The van der Waals surface area contributed by atoms with Gasteiger partial charge in [0.05, 0.1) is 5.54 Å². The second-order valence-electron chi connectivity index (χ2n) is 6.30. The van der Waals surface area contributed by atoms with Crippen molar-refractivity contribution in [2.24, 2.45) is 0 Å². The van der Waals surface area contributed by atoms with Gasteiger partial charge in [-0.15, -0.1) is 0 Å². The third-order valence-electron chi connectivity index (χ3n) is 3.51. The quantitative estimate of drug-likeness (QED) is 0.660. The number of piperazine rings is 1. The van der Waals surface area contributed by atoms with Gasteiger partial charge in [0, 0.05) is 26.6 Å². The number of carbonyl (C=O) groups is 2. The molecular weight excluding hydrogens is 232 g/mol. The Balaban J connectivity index is 1.99. The Bertz CT molecular complexity index is 369. The van der Waals surface area contributed by atoms with Crippen LogP contribution >= 0.6 is 0 Å². The fourth-order valence-electron chi connectivity index (χ4n) is 2.52. The van der Waals surface area contributed by atoms with Crippen LogP contribution in [-0.4, -0.2) is 52.6 Å². The van der Waals surface area contributed by atoms with Crippen LogP contribution in [0.15, 0.2) is 0 Å². The number of amides is 2. The molecule has 5 nitrogen and oxygen atoms in total. The lowest BCUT2D eigenvalue weighted by atomic mass is 10.1. The number of ether oxygens (including phenoxy) is 1. The van der Waals surface area contributed by atoms with Gasteiger partial charge in [0.25, 0.3) is 0 Å². The van der Waals surface area contributed by atoms with Gasteiger partial charge in [-0.1, -0.05) is 0 Å². The van der Waals surface area contributed by atoms with Crippen molar-refractivity contribution in [1.29, 1.82) is 0 Å². The van der Waals surface area contributed by atoms with Crippen LogP contribution in [0, 0.1) is 0 Å². The summed E-state index contributed by atoms with van der Waals surface area (Å²) < 4.78 is 5.38. The van der Waals surface area contributed by atoms with E-state index in [2.05, 4.69) is 0 Å². The summed E-state index contributed by atoms with van der Waals surface area (Å²) in [5.41, 5.74) is -0.563. The lowest BCUT2D eigenvalue weighted by Gasteiger charge is -2.41. The molecule has 2 aliphatic rings. The molecule has 0 aromatic carbocycles. The van der Waals surface area contributed by atoms with Crippen LogP contribution in [0.25, 0.3) is 0 Å². The highest BCUT2D eigenvalue weighted by molar-refractivity contribution is 5.76. The van der Waals surface area contributed by atoms with Crippen LogP contribution in [0.5, 0.6) is 0 Å². The van der Waals surface area contributed by atoms with E-state index in [4.69, 9.17) is 4.74 Å². The Morgan fingerprint density at radius 3 is 2.22 bits per heavy atom. The number of hydrogen-bond acceptors (Lipinski definition) is 3. The standard InChI is InChI=1S/C13H22N2O3/c1-10(16)15-8-7-14(9-13(15)5-6-13)11(17)18-12(2,3)4/h5-9H2,1-4H3. The van der Waals surface area contributed by atoms with Crippen molar-refractivity contribution < 1.29 is 14.3 Å². The van der Waals surface area contributed by atoms with Crippen molar-refractivity contribution in [1.82, 2.24) is 9.80 Å². The molecule has 5 heteroatoms. The molecule has 0 bridgehead atoms. The van der Waals surface area contributed by atoms with E-state index in [0.29, 0.717) is 19.6 Å². The van der Waals surface area contributed by atoms with Crippen LogP contribution in [0.1, 0.15) is 40.5 Å². The van der Waals surface area contributed by atoms with Crippen molar-refractivity contribution in [2.45, 2.75) is 51.7 Å². The van der Waals surface area contributed by atoms with Crippen LogP contribution in [0.2, 0.25) is 0 Å². The highest BCUT2D eigenvalue weighted by Crippen LogP contribution is 2.44. The van der Waals surface area contributed by atoms with Crippen LogP contribution in [-0.2, 0) is 9.53 Å². The lowest BCUT2D eigenvalue weighted by molar-refractivity contribution is -0.134. The monoisotopic (exact) mass is 254 g/mol. The van der Waals surface area contributed by atoms with Crippen LogP contribution < -0.4 is 0 Å². The maximum absolute atomic E-state index is 12.0. The summed E-state index contributed by atoms with van der Waals surface area (Å²) >= 11 is 0. The summed E-state index contributed by atoms with van der Waals surface area (Å²) in [5, 5.41) is 0. The van der Waals surface area contributed by atoms with Crippen LogP contribution in [0.3, 0.4) is 0 Å². The predicted octanol–water partition coefficient (Wildman–Crippen LogP) is 1.62. The summed E-state index contributed by atoms with van der Waals surface area (Å²) in [6, 6.07) is 0. The second-order valence-corrected chi connectivity index (χ2v) is 6.30. The maximum Gasteiger partial charge on any atom is 0.410 e. The first kappa shape index (κ1) is 13.2. The zero-order valence-electron chi connectivity index (χ0n) is 11.7. The summed E-state index contributed by atoms with van der Waals surface area (Å²) in [6.45, 7) is 8.99. The average molecular weight is 254 g/mol. The van der Waals surface area contributed by atoms with E-state index >= 15 is 0 Å². The molecule has 2 fully saturated rings. The molecule has 0 N–H and O–H groups in total. The largest absolute Gasteiger partial charge is 0.444 e. The molecule has 0 atom stereocenters. The van der Waals surface area contributed by atoms with Gasteiger partial charge < -0.3 is 14.5 Å². The SMILES string of the molecule is CC(=O)N1CCN(C(=O)OC(C)(C)C)CC12CC2. The molecule has 0 aromatic rings. The molecule has 2 rings (SSSR count). The number of rotatable bonds is 0. The van der Waals surface area contributed by atoms with Crippen molar-refractivity contribution in [2.75, 3.05) is 19.6 Å². The number of nitrogens with zero attached hydrogens (tertiary/aromatic N) is 2. The molecule has 1 saturated heterocycles. The highest BCUT2D eigenvalue weighted by Gasteiger charge is 2.53. The summed E-state index contributed by atoms with van der Waals surface area (Å²) in [4.78, 5) is 27.2. The zero-order chi connectivity index (χ0) is 13.6. The minimum atomic E-state index is -0.467.